The van der Waals surface area contributed by atoms with Gasteiger partial charge in [0.15, 0.2) is 0 Å². The molecule has 0 aromatic carbocycles. The normalized spacial score (nSPS) is 23.8. The lowest BCUT2D eigenvalue weighted by Crippen LogP contribution is -2.62. The molecule has 1 fully saturated rings. The molecule has 0 bridgehead atoms. The SMILES string of the molecule is CC[C@H](C)CCCCC(=O)N[C@@H](CCN)C(=O)N[C@H](C(=O)N[C@H](CCN)C(=O)N[C@H]1CCNC(=O)[C@H]([C@@H](C)O)NC(=O)[C@H](CCN)NC(=O)[C@H](CCCN)NC(=O)[C@H]([C@@H](C)O)NC(=O)[C@@H](CC(C)C)NC(=O)[C@H](CCN)NC1=O)[C@@H](C)O. The highest BCUT2D eigenvalue weighted by molar-refractivity contribution is 5.99. The van der Waals surface area contributed by atoms with Crippen LogP contribution >= 0.6 is 0 Å². The van der Waals surface area contributed by atoms with Crippen molar-refractivity contribution in [2.24, 2.45) is 40.5 Å². The second kappa shape index (κ2) is 39.4. The van der Waals surface area contributed by atoms with Crippen LogP contribution in [0.4, 0.5) is 0 Å². The molecular weight excluding hydrogens is 1070 g/mol. The number of unbranched alkanes of at least 4 members (excludes halogenated alkanes) is 1. The van der Waals surface area contributed by atoms with E-state index < -0.39 is 157 Å². The molecule has 0 aromatic rings. The second-order valence-corrected chi connectivity index (χ2v) is 21.4. The molecule has 0 spiro atoms. The van der Waals surface area contributed by atoms with Crippen LogP contribution in [0.15, 0.2) is 0 Å². The zero-order chi connectivity index (χ0) is 62.2. The molecule has 82 heavy (non-hydrogen) atoms. The summed E-state index contributed by atoms with van der Waals surface area (Å²) in [6.45, 7) is 10.2. The van der Waals surface area contributed by atoms with E-state index in [1.54, 1.807) is 13.8 Å². The molecule has 30 nitrogen and oxygen atoms in total. The number of aliphatic hydroxyl groups is 3. The van der Waals surface area contributed by atoms with Gasteiger partial charge in [0.2, 0.25) is 65.0 Å². The van der Waals surface area contributed by atoms with E-state index >= 15 is 0 Å². The molecule has 1 saturated heterocycles. The van der Waals surface area contributed by atoms with Crippen molar-refractivity contribution in [3.8, 4) is 0 Å². The van der Waals surface area contributed by atoms with Crippen LogP contribution in [-0.2, 0) is 52.7 Å². The number of hydrogen-bond donors (Lipinski definition) is 19. The second-order valence-electron chi connectivity index (χ2n) is 21.4. The summed E-state index contributed by atoms with van der Waals surface area (Å²) in [5, 5.41) is 59.6. The van der Waals surface area contributed by atoms with Crippen molar-refractivity contribution in [2.75, 3.05) is 39.3 Å². The summed E-state index contributed by atoms with van der Waals surface area (Å²) in [6, 6.07) is -15.3. The van der Waals surface area contributed by atoms with Crippen molar-refractivity contribution in [2.45, 2.75) is 211 Å². The van der Waals surface area contributed by atoms with Gasteiger partial charge in [-0.2, -0.15) is 0 Å². The Bertz CT molecular complexity index is 2070. The van der Waals surface area contributed by atoms with Gasteiger partial charge in [-0.25, -0.2) is 0 Å². The van der Waals surface area contributed by atoms with Crippen LogP contribution in [0.1, 0.15) is 132 Å². The van der Waals surface area contributed by atoms with Gasteiger partial charge in [0.05, 0.1) is 18.3 Å². The molecule has 1 aliphatic heterocycles. The zero-order valence-corrected chi connectivity index (χ0v) is 48.8. The largest absolute Gasteiger partial charge is 0.391 e. The van der Waals surface area contributed by atoms with Gasteiger partial charge < -0.3 is 102 Å². The first-order valence-corrected chi connectivity index (χ1v) is 28.5. The summed E-state index contributed by atoms with van der Waals surface area (Å²) in [5.74, 6) is -10.0. The molecule has 0 saturated carbocycles. The van der Waals surface area contributed by atoms with Gasteiger partial charge in [-0.05, 0) is 123 Å². The van der Waals surface area contributed by atoms with E-state index in [1.807, 2.05) is 0 Å². The van der Waals surface area contributed by atoms with E-state index in [1.165, 1.54) is 20.8 Å². The van der Waals surface area contributed by atoms with E-state index in [2.05, 4.69) is 72.3 Å². The predicted molar refractivity (Wildman–Crippen MR) is 302 cm³/mol. The number of rotatable bonds is 29. The average Bonchev–Trinajstić information content (AvgIpc) is 3.50. The van der Waals surface area contributed by atoms with Crippen molar-refractivity contribution in [3.05, 3.63) is 0 Å². The fourth-order valence-electron chi connectivity index (χ4n) is 8.59. The van der Waals surface area contributed by atoms with Crippen LogP contribution in [0, 0.1) is 11.8 Å². The highest BCUT2D eigenvalue weighted by atomic mass is 16.3. The molecule has 11 amide bonds. The standard InChI is InChI=1S/C52H98N16O14/c1-8-28(4)12-9-10-14-39(72)59-33(15-21-54)47(77)67-41(30(6)70)52(82)64-35(17-23-56)44(74)62-37-19-25-58-50(80)40(29(5)69)66-48(78)36(18-24-57)61-43(73)32(13-11-20-53)63-51(81)42(31(7)71)68-49(79)38(26-27(2)3)65-45(75)34(16-22-55)60-46(37)76/h27-38,40-42,69-71H,8-26,53-57H2,1-7H3,(H,58,80)(H,59,72)(H,60,76)(H,61,73)(H,62,74)(H,63,81)(H,64,82)(H,65,75)(H,66,78)(H,67,77)(H,68,79)/t28-,29+,30+,31+,32-,33-,34-,35+,36-,37-,38+,40-,41-,42-/m0/s1. The highest BCUT2D eigenvalue weighted by Crippen LogP contribution is 2.13. The molecular formula is C52H98N16O14. The summed E-state index contributed by atoms with van der Waals surface area (Å²) in [5.41, 5.74) is 29.0. The number of amides is 11. The lowest BCUT2D eigenvalue weighted by Gasteiger charge is -2.29. The quantitative estimate of drug-likeness (QED) is 0.0310. The molecule has 0 aliphatic carbocycles. The average molecular weight is 1170 g/mol. The number of aliphatic hydroxyl groups excluding tert-OH is 3. The Labute approximate surface area is 480 Å². The Morgan fingerprint density at radius 2 is 1.01 bits per heavy atom. The Hall–Kier alpha value is -6.15. The molecule has 30 heteroatoms. The first kappa shape index (κ1) is 73.9. The lowest BCUT2D eigenvalue weighted by atomic mass is 10.0. The summed E-state index contributed by atoms with van der Waals surface area (Å²) in [7, 11) is 0. The maximum atomic E-state index is 14.4. The molecule has 470 valence electrons. The summed E-state index contributed by atoms with van der Waals surface area (Å²) >= 11 is 0. The number of nitrogens with two attached hydrogens (primary N) is 5. The zero-order valence-electron chi connectivity index (χ0n) is 48.8. The highest BCUT2D eigenvalue weighted by Gasteiger charge is 2.38. The van der Waals surface area contributed by atoms with Gasteiger partial charge in [-0.3, -0.25) is 52.7 Å². The minimum Gasteiger partial charge on any atom is -0.391 e. The minimum atomic E-state index is -1.72. The number of carbonyl (C=O) groups excluding carboxylic acids is 11. The van der Waals surface area contributed by atoms with Crippen LogP contribution < -0.4 is 87.2 Å². The van der Waals surface area contributed by atoms with Crippen LogP contribution in [0.3, 0.4) is 0 Å². The van der Waals surface area contributed by atoms with Crippen LogP contribution in [0.5, 0.6) is 0 Å². The molecule has 0 aromatic heterocycles. The Balaban J connectivity index is 3.81. The molecule has 0 unspecified atom stereocenters. The molecule has 24 N–H and O–H groups in total. The van der Waals surface area contributed by atoms with Crippen molar-refractivity contribution >= 4 is 65.0 Å². The Morgan fingerprint density at radius 3 is 1.51 bits per heavy atom. The number of carbonyl (C=O) groups is 11. The molecule has 0 radical (unpaired) electrons. The number of hydrogen-bond acceptors (Lipinski definition) is 19. The van der Waals surface area contributed by atoms with Crippen molar-refractivity contribution in [1.82, 2.24) is 58.5 Å². The third kappa shape index (κ3) is 26.8. The van der Waals surface area contributed by atoms with Gasteiger partial charge in [0.1, 0.15) is 60.4 Å². The van der Waals surface area contributed by atoms with Crippen LogP contribution in [0.25, 0.3) is 0 Å². The molecule has 1 rings (SSSR count). The van der Waals surface area contributed by atoms with Crippen molar-refractivity contribution in [3.63, 3.8) is 0 Å². The van der Waals surface area contributed by atoms with E-state index in [0.29, 0.717) is 12.3 Å². The Morgan fingerprint density at radius 1 is 0.524 bits per heavy atom. The lowest BCUT2D eigenvalue weighted by molar-refractivity contribution is -0.137. The predicted octanol–water partition coefficient (Wildman–Crippen LogP) is -6.72. The monoisotopic (exact) mass is 1170 g/mol. The van der Waals surface area contributed by atoms with Crippen molar-refractivity contribution in [1.29, 1.82) is 0 Å². The van der Waals surface area contributed by atoms with E-state index in [0.717, 1.165) is 19.3 Å². The maximum absolute atomic E-state index is 14.4. The van der Waals surface area contributed by atoms with E-state index in [9.17, 15) is 68.1 Å². The fraction of sp³-hybridized carbons (Fsp3) is 0.788. The van der Waals surface area contributed by atoms with Gasteiger partial charge in [-0.1, -0.05) is 47.0 Å². The Kier molecular flexibility index (Phi) is 35.4. The molecule has 1 heterocycles. The minimum absolute atomic E-state index is 0.0212. The van der Waals surface area contributed by atoms with E-state index in [4.69, 9.17) is 28.7 Å². The van der Waals surface area contributed by atoms with Gasteiger partial charge in [0.25, 0.3) is 0 Å². The smallest absolute Gasteiger partial charge is 0.245 e. The topological polar surface area (TPSA) is 511 Å². The fourth-order valence-corrected chi connectivity index (χ4v) is 8.59. The molecule has 1 aliphatic rings. The molecule has 14 atom stereocenters. The first-order chi connectivity index (χ1) is 38.7. The summed E-state index contributed by atoms with van der Waals surface area (Å²) in [6.07, 6.45) is -2.45. The van der Waals surface area contributed by atoms with E-state index in [-0.39, 0.29) is 90.0 Å². The third-order valence-corrected chi connectivity index (χ3v) is 13.6. The summed E-state index contributed by atoms with van der Waals surface area (Å²) in [4.78, 5) is 152. The van der Waals surface area contributed by atoms with Gasteiger partial charge in [0, 0.05) is 13.0 Å². The van der Waals surface area contributed by atoms with Gasteiger partial charge in [-0.15, -0.1) is 0 Å². The summed E-state index contributed by atoms with van der Waals surface area (Å²) < 4.78 is 0. The van der Waals surface area contributed by atoms with Crippen LogP contribution in [-0.4, -0.2) is 198 Å². The van der Waals surface area contributed by atoms with Gasteiger partial charge >= 0.3 is 0 Å². The first-order valence-electron chi connectivity index (χ1n) is 28.5. The number of nitrogens with one attached hydrogen (secondary N) is 11. The van der Waals surface area contributed by atoms with Crippen LogP contribution in [0.2, 0.25) is 0 Å². The maximum Gasteiger partial charge on any atom is 0.245 e. The van der Waals surface area contributed by atoms with Crippen molar-refractivity contribution < 1.29 is 68.1 Å². The third-order valence-electron chi connectivity index (χ3n) is 13.6.